The third-order valence-corrected chi connectivity index (χ3v) is 2.47. The molecule has 4 nitrogen and oxygen atoms in total. The van der Waals surface area contributed by atoms with Gasteiger partial charge in [0.15, 0.2) is 16.6 Å². The summed E-state index contributed by atoms with van der Waals surface area (Å²) >= 11 is 4.96. The first-order chi connectivity index (χ1) is 7.22. The summed E-state index contributed by atoms with van der Waals surface area (Å²) in [5.74, 6) is 1.50. The Morgan fingerprint density at radius 1 is 1.47 bits per heavy atom. The molecule has 2 N–H and O–H groups in total. The van der Waals surface area contributed by atoms with Crippen LogP contribution in [0.15, 0.2) is 18.2 Å². The van der Waals surface area contributed by atoms with E-state index < -0.39 is 0 Å². The molecule has 1 aliphatic rings. The molecule has 1 aliphatic heterocycles. The predicted octanol–water partition coefficient (Wildman–Crippen LogP) is 1.49. The van der Waals surface area contributed by atoms with E-state index in [-0.39, 0.29) is 6.79 Å². The zero-order chi connectivity index (χ0) is 10.8. The lowest BCUT2D eigenvalue weighted by Crippen LogP contribution is -2.35. The minimum Gasteiger partial charge on any atom is -0.454 e. The number of thiocarbonyl (C=S) groups is 1. The number of ether oxygens (including phenoxy) is 2. The quantitative estimate of drug-likeness (QED) is 0.771. The third kappa shape index (κ3) is 1.83. The number of rotatable bonds is 2. The summed E-state index contributed by atoms with van der Waals surface area (Å²) < 4.78 is 10.5. The molecule has 80 valence electrons. The molecule has 0 bridgehead atoms. The van der Waals surface area contributed by atoms with Crippen LogP contribution in [-0.2, 0) is 0 Å². The highest BCUT2D eigenvalue weighted by Gasteiger charge is 2.16. The molecule has 0 saturated heterocycles. The molecule has 1 aromatic rings. The van der Waals surface area contributed by atoms with Crippen LogP contribution >= 0.6 is 12.2 Å². The topological polar surface area (TPSA) is 47.7 Å². The van der Waals surface area contributed by atoms with Gasteiger partial charge in [-0.05, 0) is 31.3 Å². The van der Waals surface area contributed by atoms with Gasteiger partial charge >= 0.3 is 0 Å². The Hall–Kier alpha value is -1.49. The number of benzene rings is 1. The molecule has 1 heterocycles. The molecule has 15 heavy (non-hydrogen) atoms. The molecule has 0 aliphatic carbocycles. The van der Waals surface area contributed by atoms with Gasteiger partial charge in [-0.2, -0.15) is 0 Å². The maximum Gasteiger partial charge on any atom is 0.231 e. The predicted molar refractivity (Wildman–Crippen MR) is 62.4 cm³/mol. The van der Waals surface area contributed by atoms with Crippen molar-refractivity contribution in [3.05, 3.63) is 18.2 Å². The van der Waals surface area contributed by atoms with Gasteiger partial charge in [0.25, 0.3) is 0 Å². The maximum atomic E-state index is 5.61. The fourth-order valence-corrected chi connectivity index (χ4v) is 1.75. The van der Waals surface area contributed by atoms with Gasteiger partial charge in [-0.1, -0.05) is 0 Å². The Kier molecular flexibility index (Phi) is 2.64. The van der Waals surface area contributed by atoms with Crippen LogP contribution in [0.1, 0.15) is 6.92 Å². The minimum atomic E-state index is 0.276. The van der Waals surface area contributed by atoms with Crippen molar-refractivity contribution >= 4 is 23.0 Å². The Morgan fingerprint density at radius 3 is 2.87 bits per heavy atom. The average Bonchev–Trinajstić information content (AvgIpc) is 2.65. The molecule has 2 rings (SSSR count). The summed E-state index contributed by atoms with van der Waals surface area (Å²) in [5, 5.41) is 0.358. The summed E-state index contributed by atoms with van der Waals surface area (Å²) in [4.78, 5) is 1.83. The highest BCUT2D eigenvalue weighted by atomic mass is 32.1. The Balaban J connectivity index is 2.32. The molecule has 0 spiro atoms. The van der Waals surface area contributed by atoms with Crippen molar-refractivity contribution in [2.45, 2.75) is 6.92 Å². The zero-order valence-corrected chi connectivity index (χ0v) is 9.21. The van der Waals surface area contributed by atoms with Crippen molar-refractivity contribution < 1.29 is 9.47 Å². The summed E-state index contributed by atoms with van der Waals surface area (Å²) in [6.07, 6.45) is 0. The third-order valence-electron chi connectivity index (χ3n) is 2.25. The van der Waals surface area contributed by atoms with Crippen molar-refractivity contribution in [1.29, 1.82) is 0 Å². The van der Waals surface area contributed by atoms with Gasteiger partial charge < -0.3 is 20.1 Å². The lowest BCUT2D eigenvalue weighted by atomic mass is 10.2. The summed E-state index contributed by atoms with van der Waals surface area (Å²) in [5.41, 5.74) is 6.53. The second kappa shape index (κ2) is 3.94. The van der Waals surface area contributed by atoms with Crippen LogP contribution in [0, 0.1) is 0 Å². The number of nitrogens with two attached hydrogens (primary N) is 1. The molecule has 0 atom stereocenters. The molecular formula is C10H12N2O2S. The SMILES string of the molecule is CCN(C(N)=S)c1ccc2c(c1)OCO2. The van der Waals surface area contributed by atoms with Crippen LogP contribution < -0.4 is 20.1 Å². The van der Waals surface area contributed by atoms with E-state index in [1.807, 2.05) is 30.0 Å². The van der Waals surface area contributed by atoms with Gasteiger partial charge in [0.2, 0.25) is 6.79 Å². The van der Waals surface area contributed by atoms with Gasteiger partial charge in [0.05, 0.1) is 0 Å². The van der Waals surface area contributed by atoms with E-state index in [0.29, 0.717) is 5.11 Å². The summed E-state index contributed by atoms with van der Waals surface area (Å²) in [7, 11) is 0. The van der Waals surface area contributed by atoms with Crippen molar-refractivity contribution in [3.63, 3.8) is 0 Å². The molecular weight excluding hydrogens is 212 g/mol. The highest BCUT2D eigenvalue weighted by molar-refractivity contribution is 7.80. The standard InChI is InChI=1S/C10H12N2O2S/c1-2-12(10(11)15)7-3-4-8-9(5-7)14-6-13-8/h3-5H,2,6H2,1H3,(H2,11,15). The lowest BCUT2D eigenvalue weighted by Gasteiger charge is -2.20. The fraction of sp³-hybridized carbons (Fsp3) is 0.300. The van der Waals surface area contributed by atoms with E-state index in [1.165, 1.54) is 0 Å². The fourth-order valence-electron chi connectivity index (χ4n) is 1.52. The monoisotopic (exact) mass is 224 g/mol. The largest absolute Gasteiger partial charge is 0.454 e. The molecule has 0 amide bonds. The van der Waals surface area contributed by atoms with Gasteiger partial charge in [0, 0.05) is 18.3 Å². The van der Waals surface area contributed by atoms with E-state index in [1.54, 1.807) is 0 Å². The molecule has 0 radical (unpaired) electrons. The molecule has 0 saturated carbocycles. The number of fused-ring (bicyclic) bond motifs is 1. The number of hydrogen-bond acceptors (Lipinski definition) is 3. The molecule has 0 aromatic heterocycles. The Morgan fingerprint density at radius 2 is 2.20 bits per heavy atom. The molecule has 1 aromatic carbocycles. The Bertz CT molecular complexity index is 395. The minimum absolute atomic E-state index is 0.276. The van der Waals surface area contributed by atoms with Gasteiger partial charge in [-0.3, -0.25) is 0 Å². The van der Waals surface area contributed by atoms with E-state index in [0.717, 1.165) is 23.7 Å². The number of hydrogen-bond donors (Lipinski definition) is 1. The van der Waals surface area contributed by atoms with Crippen LogP contribution in [0.3, 0.4) is 0 Å². The van der Waals surface area contributed by atoms with Crippen LogP contribution in [0.5, 0.6) is 11.5 Å². The van der Waals surface area contributed by atoms with Gasteiger partial charge in [-0.15, -0.1) is 0 Å². The van der Waals surface area contributed by atoms with E-state index in [2.05, 4.69) is 0 Å². The van der Waals surface area contributed by atoms with Crippen LogP contribution in [0.2, 0.25) is 0 Å². The summed E-state index contributed by atoms with van der Waals surface area (Å²) in [6.45, 7) is 3.00. The molecule has 0 unspecified atom stereocenters. The number of nitrogens with zero attached hydrogens (tertiary/aromatic N) is 1. The smallest absolute Gasteiger partial charge is 0.231 e. The first kappa shape index (κ1) is 10.0. The van der Waals surface area contributed by atoms with Crippen LogP contribution in [-0.4, -0.2) is 18.5 Å². The molecule has 0 fully saturated rings. The Labute approximate surface area is 93.6 Å². The normalized spacial score (nSPS) is 12.6. The number of anilines is 1. The summed E-state index contributed by atoms with van der Waals surface area (Å²) in [6, 6.07) is 5.65. The first-order valence-electron chi connectivity index (χ1n) is 4.69. The van der Waals surface area contributed by atoms with Crippen molar-refractivity contribution in [2.24, 2.45) is 5.73 Å². The van der Waals surface area contributed by atoms with Gasteiger partial charge in [0.1, 0.15) is 0 Å². The zero-order valence-electron chi connectivity index (χ0n) is 8.40. The van der Waals surface area contributed by atoms with E-state index in [4.69, 9.17) is 27.4 Å². The van der Waals surface area contributed by atoms with Crippen LogP contribution in [0.4, 0.5) is 5.69 Å². The lowest BCUT2D eigenvalue weighted by molar-refractivity contribution is 0.174. The second-order valence-corrected chi connectivity index (χ2v) is 3.54. The van der Waals surface area contributed by atoms with Crippen molar-refractivity contribution in [1.82, 2.24) is 0 Å². The second-order valence-electron chi connectivity index (χ2n) is 3.12. The highest BCUT2D eigenvalue weighted by Crippen LogP contribution is 2.35. The average molecular weight is 224 g/mol. The first-order valence-corrected chi connectivity index (χ1v) is 5.10. The molecule has 5 heteroatoms. The van der Waals surface area contributed by atoms with Crippen molar-refractivity contribution in [2.75, 3.05) is 18.2 Å². The van der Waals surface area contributed by atoms with Crippen molar-refractivity contribution in [3.8, 4) is 11.5 Å². The van der Waals surface area contributed by atoms with Gasteiger partial charge in [-0.25, -0.2) is 0 Å². The van der Waals surface area contributed by atoms with Crippen LogP contribution in [0.25, 0.3) is 0 Å². The van der Waals surface area contributed by atoms with E-state index in [9.17, 15) is 0 Å². The maximum absolute atomic E-state index is 5.61. The van der Waals surface area contributed by atoms with E-state index >= 15 is 0 Å².